The van der Waals surface area contributed by atoms with Crippen LogP contribution in [0.15, 0.2) is 45.6 Å². The highest BCUT2D eigenvalue weighted by Crippen LogP contribution is 2.27. The van der Waals surface area contributed by atoms with E-state index in [1.54, 1.807) is 6.92 Å². The highest BCUT2D eigenvalue weighted by Gasteiger charge is 2.14. The number of fused-ring (bicyclic) bond motifs is 2. The molecule has 0 saturated heterocycles. The molecule has 1 unspecified atom stereocenters. The molecule has 1 aromatic carbocycles. The molecule has 0 amide bonds. The molecular weight excluding hydrogens is 312 g/mol. The fraction of sp³-hybridized carbons (Fsp3) is 0.188. The normalized spacial score (nSPS) is 12.8. The highest BCUT2D eigenvalue weighted by molar-refractivity contribution is 7.20. The SMILES string of the molecule is Cc1cc(=O)n2nc(NC(C)c3cc4ccccc4o3)sc2n1. The summed E-state index contributed by atoms with van der Waals surface area (Å²) in [5.41, 5.74) is 1.37. The Morgan fingerprint density at radius 2 is 2.13 bits per heavy atom. The van der Waals surface area contributed by atoms with Crippen molar-refractivity contribution in [3.8, 4) is 0 Å². The molecule has 4 aromatic rings. The maximum Gasteiger partial charge on any atom is 0.275 e. The topological polar surface area (TPSA) is 72.4 Å². The molecule has 23 heavy (non-hydrogen) atoms. The van der Waals surface area contributed by atoms with E-state index >= 15 is 0 Å². The van der Waals surface area contributed by atoms with Gasteiger partial charge in [0.25, 0.3) is 5.56 Å². The molecule has 0 radical (unpaired) electrons. The van der Waals surface area contributed by atoms with Crippen LogP contribution in [0.2, 0.25) is 0 Å². The van der Waals surface area contributed by atoms with Crippen molar-refractivity contribution in [3.63, 3.8) is 0 Å². The van der Waals surface area contributed by atoms with Crippen LogP contribution >= 0.6 is 11.3 Å². The van der Waals surface area contributed by atoms with Crippen LogP contribution < -0.4 is 10.9 Å². The van der Waals surface area contributed by atoms with Gasteiger partial charge in [-0.2, -0.15) is 4.52 Å². The molecule has 0 aliphatic heterocycles. The smallest absolute Gasteiger partial charge is 0.275 e. The summed E-state index contributed by atoms with van der Waals surface area (Å²) in [7, 11) is 0. The zero-order chi connectivity index (χ0) is 16.0. The monoisotopic (exact) mass is 326 g/mol. The van der Waals surface area contributed by atoms with Crippen LogP contribution in [-0.4, -0.2) is 14.6 Å². The van der Waals surface area contributed by atoms with Gasteiger partial charge in [-0.25, -0.2) is 4.98 Å². The summed E-state index contributed by atoms with van der Waals surface area (Å²) < 4.78 is 7.16. The number of hydrogen-bond acceptors (Lipinski definition) is 6. The Hall–Kier alpha value is -2.67. The summed E-state index contributed by atoms with van der Waals surface area (Å²) >= 11 is 1.34. The third-order valence-corrected chi connectivity index (χ3v) is 4.42. The molecule has 3 heterocycles. The Morgan fingerprint density at radius 1 is 1.30 bits per heavy atom. The van der Waals surface area contributed by atoms with Crippen molar-refractivity contribution in [1.82, 2.24) is 14.6 Å². The molecule has 1 atom stereocenters. The van der Waals surface area contributed by atoms with Gasteiger partial charge in [-0.05, 0) is 26.0 Å². The third kappa shape index (κ3) is 2.49. The van der Waals surface area contributed by atoms with Crippen LogP contribution in [0.4, 0.5) is 5.13 Å². The maximum absolute atomic E-state index is 11.9. The van der Waals surface area contributed by atoms with Crippen molar-refractivity contribution < 1.29 is 4.42 Å². The Morgan fingerprint density at radius 3 is 2.96 bits per heavy atom. The summed E-state index contributed by atoms with van der Waals surface area (Å²) in [6.07, 6.45) is 0. The number of aryl methyl sites for hydroxylation is 1. The molecule has 0 fully saturated rings. The summed E-state index contributed by atoms with van der Waals surface area (Å²) in [4.78, 5) is 16.8. The molecule has 0 saturated carbocycles. The molecule has 3 aromatic heterocycles. The standard InChI is InChI=1S/C16H14N4O2S/c1-9-7-14(21)20-16(17-9)23-15(19-20)18-10(2)13-8-11-5-3-4-6-12(11)22-13/h3-8,10H,1-2H3,(H,18,19). The minimum Gasteiger partial charge on any atom is -0.459 e. The molecule has 0 aliphatic rings. The van der Waals surface area contributed by atoms with Gasteiger partial charge in [-0.15, -0.1) is 5.10 Å². The Kier molecular flexibility index (Phi) is 3.16. The minimum absolute atomic E-state index is 0.0697. The zero-order valence-electron chi connectivity index (χ0n) is 12.6. The summed E-state index contributed by atoms with van der Waals surface area (Å²) in [5, 5.41) is 9.25. The highest BCUT2D eigenvalue weighted by atomic mass is 32.1. The Labute approximate surface area is 135 Å². The Balaban J connectivity index is 1.66. The van der Waals surface area contributed by atoms with Gasteiger partial charge in [0.15, 0.2) is 0 Å². The molecule has 0 spiro atoms. The third-order valence-electron chi connectivity index (χ3n) is 3.58. The van der Waals surface area contributed by atoms with E-state index in [0.717, 1.165) is 16.7 Å². The van der Waals surface area contributed by atoms with Crippen molar-refractivity contribution in [1.29, 1.82) is 0 Å². The van der Waals surface area contributed by atoms with Gasteiger partial charge in [-0.1, -0.05) is 29.5 Å². The number of furan rings is 1. The first-order valence-corrected chi connectivity index (χ1v) is 8.04. The first-order chi connectivity index (χ1) is 11.1. The van der Waals surface area contributed by atoms with Gasteiger partial charge in [0.05, 0.1) is 6.04 Å². The van der Waals surface area contributed by atoms with Crippen LogP contribution in [0, 0.1) is 6.92 Å². The predicted octanol–water partition coefficient (Wildman–Crippen LogP) is 3.38. The number of aromatic nitrogens is 3. The van der Waals surface area contributed by atoms with Crippen molar-refractivity contribution in [2.75, 3.05) is 5.32 Å². The van der Waals surface area contributed by atoms with Crippen LogP contribution in [-0.2, 0) is 0 Å². The zero-order valence-corrected chi connectivity index (χ0v) is 13.4. The van der Waals surface area contributed by atoms with Crippen molar-refractivity contribution in [2.24, 2.45) is 0 Å². The van der Waals surface area contributed by atoms with E-state index in [2.05, 4.69) is 15.4 Å². The van der Waals surface area contributed by atoms with Gasteiger partial charge in [0.1, 0.15) is 11.3 Å². The molecule has 1 N–H and O–H groups in total. The van der Waals surface area contributed by atoms with Gasteiger partial charge in [0.2, 0.25) is 10.1 Å². The van der Waals surface area contributed by atoms with E-state index in [1.807, 2.05) is 37.3 Å². The minimum atomic E-state index is -0.173. The summed E-state index contributed by atoms with van der Waals surface area (Å²) in [6.45, 7) is 3.79. The lowest BCUT2D eigenvalue weighted by atomic mass is 10.2. The van der Waals surface area contributed by atoms with Gasteiger partial charge < -0.3 is 9.73 Å². The average Bonchev–Trinajstić information content (AvgIpc) is 3.10. The quantitative estimate of drug-likeness (QED) is 0.625. The van der Waals surface area contributed by atoms with Gasteiger partial charge >= 0.3 is 0 Å². The van der Waals surface area contributed by atoms with E-state index in [4.69, 9.17) is 4.42 Å². The predicted molar refractivity (Wildman–Crippen MR) is 90.1 cm³/mol. The van der Waals surface area contributed by atoms with Crippen LogP contribution in [0.3, 0.4) is 0 Å². The Bertz CT molecular complexity index is 1030. The second-order valence-electron chi connectivity index (χ2n) is 5.39. The van der Waals surface area contributed by atoms with Gasteiger partial charge in [0, 0.05) is 17.1 Å². The number of nitrogens with zero attached hydrogens (tertiary/aromatic N) is 3. The number of hydrogen-bond donors (Lipinski definition) is 1. The van der Waals surface area contributed by atoms with Crippen molar-refractivity contribution in [3.05, 3.63) is 58.2 Å². The maximum atomic E-state index is 11.9. The largest absolute Gasteiger partial charge is 0.459 e. The summed E-state index contributed by atoms with van der Waals surface area (Å²) in [6, 6.07) is 11.3. The number of para-hydroxylation sites is 1. The fourth-order valence-corrected chi connectivity index (χ4v) is 3.39. The van der Waals surface area contributed by atoms with E-state index in [-0.39, 0.29) is 11.6 Å². The molecule has 7 heteroatoms. The molecule has 0 bridgehead atoms. The molecule has 0 aliphatic carbocycles. The first-order valence-electron chi connectivity index (χ1n) is 7.23. The first kappa shape index (κ1) is 14.0. The van der Waals surface area contributed by atoms with Crippen LogP contribution in [0.25, 0.3) is 15.9 Å². The number of nitrogens with one attached hydrogen (secondary N) is 1. The van der Waals surface area contributed by atoms with E-state index in [1.165, 1.54) is 21.9 Å². The number of rotatable bonds is 3. The van der Waals surface area contributed by atoms with E-state index in [0.29, 0.717) is 15.8 Å². The van der Waals surface area contributed by atoms with Crippen LogP contribution in [0.5, 0.6) is 0 Å². The molecular formula is C16H14N4O2S. The lowest BCUT2D eigenvalue weighted by Gasteiger charge is -2.08. The fourth-order valence-electron chi connectivity index (χ4n) is 2.45. The van der Waals surface area contributed by atoms with Gasteiger partial charge in [-0.3, -0.25) is 4.79 Å². The van der Waals surface area contributed by atoms with E-state index < -0.39 is 0 Å². The second-order valence-corrected chi connectivity index (χ2v) is 6.35. The lowest BCUT2D eigenvalue weighted by molar-refractivity contribution is 0.526. The molecule has 4 rings (SSSR count). The van der Waals surface area contributed by atoms with Crippen molar-refractivity contribution >= 4 is 32.4 Å². The number of benzene rings is 1. The molecule has 116 valence electrons. The van der Waals surface area contributed by atoms with Crippen LogP contribution in [0.1, 0.15) is 24.4 Å². The second kappa shape index (κ2) is 5.20. The van der Waals surface area contributed by atoms with E-state index in [9.17, 15) is 4.79 Å². The molecule has 6 nitrogen and oxygen atoms in total. The number of anilines is 1. The summed E-state index contributed by atoms with van der Waals surface area (Å²) in [5.74, 6) is 0.821. The average molecular weight is 326 g/mol. The van der Waals surface area contributed by atoms with Crippen molar-refractivity contribution in [2.45, 2.75) is 19.9 Å². The lowest BCUT2D eigenvalue weighted by Crippen LogP contribution is -2.14.